The van der Waals surface area contributed by atoms with Crippen molar-refractivity contribution in [3.05, 3.63) is 29.4 Å². The van der Waals surface area contributed by atoms with Gasteiger partial charge in [-0.3, -0.25) is 14.5 Å². The molecule has 0 aliphatic carbocycles. The molecule has 5 rings (SSSR count). The van der Waals surface area contributed by atoms with E-state index in [1.54, 1.807) is 0 Å². The zero-order chi connectivity index (χ0) is 26.1. The number of thioether (sulfide) groups is 1. The Balaban J connectivity index is 1.34. The normalized spacial score (nSPS) is 21.1. The molecule has 2 amide bonds. The minimum atomic E-state index is -1.22. The van der Waals surface area contributed by atoms with Crippen LogP contribution in [0.5, 0.6) is 0 Å². The highest BCUT2D eigenvalue weighted by Gasteiger charge is 2.55. The average Bonchev–Trinajstić information content (AvgIpc) is 3.50. The van der Waals surface area contributed by atoms with E-state index in [4.69, 9.17) is 10.6 Å². The van der Waals surface area contributed by atoms with Gasteiger partial charge in [0, 0.05) is 29.4 Å². The number of alkyl halides is 1. The maximum atomic E-state index is 13.1. The number of fused-ring (bicyclic) bond motifs is 2. The van der Waals surface area contributed by atoms with Gasteiger partial charge >= 0.3 is 5.97 Å². The van der Waals surface area contributed by atoms with Gasteiger partial charge in [0.2, 0.25) is 11.5 Å². The highest BCUT2D eigenvalue weighted by atomic mass is 32.2. The summed E-state index contributed by atoms with van der Waals surface area (Å²) in [6.07, 6.45) is 2.82. The molecule has 1 saturated heterocycles. The smallest absolute Gasteiger partial charge is 0.352 e. The van der Waals surface area contributed by atoms with E-state index in [-0.39, 0.29) is 29.0 Å². The minimum absolute atomic E-state index is 0.0800. The van der Waals surface area contributed by atoms with Crippen LogP contribution in [0.15, 0.2) is 28.7 Å². The van der Waals surface area contributed by atoms with Gasteiger partial charge in [-0.25, -0.2) is 9.18 Å². The standard InChI is InChI=1S/C20H22FN9O5S2/c21-3-7-35-26-12(15-25-20(22)37-27-15)16(31)24-13-17(32)30-14(19(33)34)10(9-36-18(13)30)8-28-6-2-11-23-4-1-5-29(11)28/h2,6,13,18H,1,3-5,7-9H2,(H4,22,24,25,27,31,33,34)/p+1/t13-,18-/m1/s1. The topological polar surface area (TPSA) is 181 Å². The van der Waals surface area contributed by atoms with Crippen molar-refractivity contribution in [1.82, 2.24) is 24.3 Å². The zero-order valence-corrected chi connectivity index (χ0v) is 20.9. The minimum Gasteiger partial charge on any atom is -0.477 e. The molecule has 0 radical (unpaired) electrons. The number of aliphatic carboxylic acids is 1. The van der Waals surface area contributed by atoms with Crippen LogP contribution in [0.3, 0.4) is 0 Å². The monoisotopic (exact) mass is 552 g/mol. The molecular formula is C20H23FN9O5S2+. The van der Waals surface area contributed by atoms with E-state index >= 15 is 0 Å². The Kier molecular flexibility index (Phi) is 6.96. The van der Waals surface area contributed by atoms with Gasteiger partial charge in [0.1, 0.15) is 30.4 Å². The van der Waals surface area contributed by atoms with E-state index in [0.717, 1.165) is 36.9 Å². The van der Waals surface area contributed by atoms with Crippen LogP contribution < -0.4 is 21.0 Å². The molecule has 1 fully saturated rings. The van der Waals surface area contributed by atoms with Gasteiger partial charge in [-0.1, -0.05) is 5.16 Å². The van der Waals surface area contributed by atoms with E-state index in [1.807, 2.05) is 21.6 Å². The third-order valence-corrected chi connectivity index (χ3v) is 7.81. The van der Waals surface area contributed by atoms with Gasteiger partial charge in [-0.05, 0) is 6.42 Å². The first-order chi connectivity index (χ1) is 17.9. The fraction of sp³-hybridized carbons (Fsp3) is 0.450. The number of aromatic nitrogens is 4. The number of halogens is 1. The molecule has 0 unspecified atom stereocenters. The second-order valence-electron chi connectivity index (χ2n) is 8.24. The number of β-lactam (4-membered cyclic amide) rings is 1. The molecule has 2 aromatic heterocycles. The molecule has 3 aliphatic rings. The highest BCUT2D eigenvalue weighted by molar-refractivity contribution is 8.00. The Labute approximate surface area is 217 Å². The van der Waals surface area contributed by atoms with E-state index in [2.05, 4.69) is 25.1 Å². The first-order valence-electron chi connectivity index (χ1n) is 11.3. The van der Waals surface area contributed by atoms with Crippen molar-refractivity contribution in [3.63, 3.8) is 0 Å². The quantitative estimate of drug-likeness (QED) is 0.101. The number of nitrogens with one attached hydrogen (secondary N) is 2. The van der Waals surface area contributed by atoms with Crippen LogP contribution in [0.4, 0.5) is 15.3 Å². The number of oxime groups is 1. The number of nitrogens with two attached hydrogens (primary N) is 1. The summed E-state index contributed by atoms with van der Waals surface area (Å²) in [5, 5.41) is 18.9. The molecule has 2 aromatic rings. The van der Waals surface area contributed by atoms with E-state index in [0.29, 0.717) is 17.9 Å². The first kappa shape index (κ1) is 24.9. The Morgan fingerprint density at radius 1 is 1.46 bits per heavy atom. The van der Waals surface area contributed by atoms with E-state index in [1.165, 1.54) is 16.7 Å². The molecule has 14 nitrogen and oxygen atoms in total. The summed E-state index contributed by atoms with van der Waals surface area (Å²) in [7, 11) is 0. The largest absolute Gasteiger partial charge is 0.477 e. The number of nitrogen functional groups attached to an aromatic ring is 1. The number of carbonyl (C=O) groups is 3. The first-order valence-corrected chi connectivity index (χ1v) is 13.1. The SMILES string of the molecule is Nc1nc(C(=NOCCF)C(=O)N[C@@H]2C(=O)N3C(C(=O)O)=C(C[n+]4ccc5n4CCCN5)CS[C@H]23)ns1. The molecule has 3 aliphatic heterocycles. The molecular weight excluding hydrogens is 529 g/mol. The summed E-state index contributed by atoms with van der Waals surface area (Å²) < 4.78 is 20.3. The van der Waals surface area contributed by atoms with Crippen molar-refractivity contribution in [2.24, 2.45) is 5.16 Å². The number of hydrogen-bond donors (Lipinski definition) is 4. The van der Waals surface area contributed by atoms with Crippen molar-refractivity contribution < 1.29 is 33.4 Å². The molecule has 0 bridgehead atoms. The van der Waals surface area contributed by atoms with Gasteiger partial charge in [0.15, 0.2) is 23.7 Å². The third-order valence-electron chi connectivity index (χ3n) is 5.93. The van der Waals surface area contributed by atoms with E-state index < -0.39 is 35.9 Å². The average molecular weight is 553 g/mol. The lowest BCUT2D eigenvalue weighted by Gasteiger charge is -2.49. The van der Waals surface area contributed by atoms with Crippen molar-refractivity contribution >= 4 is 57.7 Å². The van der Waals surface area contributed by atoms with Crippen LogP contribution in [0, 0.1) is 0 Å². The van der Waals surface area contributed by atoms with Gasteiger partial charge in [-0.15, -0.1) is 21.1 Å². The number of hydrogen-bond acceptors (Lipinski definition) is 11. The van der Waals surface area contributed by atoms with E-state index in [9.17, 15) is 23.9 Å². The molecule has 5 N–H and O–H groups in total. The lowest BCUT2D eigenvalue weighted by atomic mass is 10.0. The van der Waals surface area contributed by atoms with Crippen LogP contribution in [0.1, 0.15) is 12.2 Å². The molecule has 0 saturated carbocycles. The molecule has 5 heterocycles. The van der Waals surface area contributed by atoms with Crippen LogP contribution in [-0.2, 0) is 32.3 Å². The maximum absolute atomic E-state index is 13.1. The molecule has 17 heteroatoms. The maximum Gasteiger partial charge on any atom is 0.352 e. The number of rotatable bonds is 9. The molecule has 0 aromatic carbocycles. The summed E-state index contributed by atoms with van der Waals surface area (Å²) in [5.74, 6) is -1.43. The summed E-state index contributed by atoms with van der Waals surface area (Å²) in [6, 6.07) is 0.925. The van der Waals surface area contributed by atoms with Crippen LogP contribution in [-0.4, -0.2) is 84.5 Å². The number of carboxylic acids is 1. The Morgan fingerprint density at radius 3 is 3.03 bits per heavy atom. The fourth-order valence-corrected chi connectivity index (χ4v) is 6.08. The van der Waals surface area contributed by atoms with Crippen molar-refractivity contribution in [1.29, 1.82) is 0 Å². The summed E-state index contributed by atoms with van der Waals surface area (Å²) in [6.45, 7) is 0.770. The Bertz CT molecular complexity index is 1310. The summed E-state index contributed by atoms with van der Waals surface area (Å²) in [4.78, 5) is 48.1. The van der Waals surface area contributed by atoms with Crippen LogP contribution in [0.25, 0.3) is 0 Å². The second kappa shape index (κ2) is 10.3. The number of amides is 2. The highest BCUT2D eigenvalue weighted by Crippen LogP contribution is 2.40. The van der Waals surface area contributed by atoms with Crippen LogP contribution >= 0.6 is 23.3 Å². The lowest BCUT2D eigenvalue weighted by molar-refractivity contribution is -0.768. The second-order valence-corrected chi connectivity index (χ2v) is 10.1. The molecule has 37 heavy (non-hydrogen) atoms. The van der Waals surface area contributed by atoms with Gasteiger partial charge in [-0.2, -0.15) is 9.36 Å². The predicted molar refractivity (Wildman–Crippen MR) is 130 cm³/mol. The summed E-state index contributed by atoms with van der Waals surface area (Å²) >= 11 is 2.18. The van der Waals surface area contributed by atoms with Crippen molar-refractivity contribution in [2.75, 3.05) is 36.6 Å². The predicted octanol–water partition coefficient (Wildman–Crippen LogP) is -0.846. The Morgan fingerprint density at radius 2 is 2.30 bits per heavy atom. The summed E-state index contributed by atoms with van der Waals surface area (Å²) in [5.41, 5.74) is 5.73. The molecule has 2 atom stereocenters. The number of carboxylic acid groups (broad SMARTS) is 1. The van der Waals surface area contributed by atoms with Crippen molar-refractivity contribution in [2.45, 2.75) is 30.9 Å². The van der Waals surface area contributed by atoms with Crippen molar-refractivity contribution in [3.8, 4) is 0 Å². The van der Waals surface area contributed by atoms with Crippen LogP contribution in [0.2, 0.25) is 0 Å². The lowest BCUT2D eigenvalue weighted by Crippen LogP contribution is -2.71. The zero-order valence-electron chi connectivity index (χ0n) is 19.3. The molecule has 196 valence electrons. The number of anilines is 2. The molecule has 0 spiro atoms. The van der Waals surface area contributed by atoms with Gasteiger partial charge in [0.05, 0.1) is 12.6 Å². The third kappa shape index (κ3) is 4.71. The number of nitrogens with zero attached hydrogens (tertiary/aromatic N) is 6. The van der Waals surface area contributed by atoms with Gasteiger partial charge in [0.25, 0.3) is 11.8 Å². The number of carbonyl (C=O) groups excluding carboxylic acids is 2. The fourth-order valence-electron chi connectivity index (χ4n) is 4.31. The Hall–Kier alpha value is -3.73. The van der Waals surface area contributed by atoms with Gasteiger partial charge < -0.3 is 26.3 Å².